The predicted octanol–water partition coefficient (Wildman–Crippen LogP) is 1.97. The molecule has 0 aromatic heterocycles. The fourth-order valence-corrected chi connectivity index (χ4v) is 4.27. The number of rotatable bonds is 2. The molecule has 0 radical (unpaired) electrons. The minimum absolute atomic E-state index is 0.0386. The molecule has 4 rings (SSSR count). The molecule has 4 aliphatic rings. The van der Waals surface area contributed by atoms with Crippen LogP contribution in [-0.2, 0) is 9.53 Å². The van der Waals surface area contributed by atoms with Gasteiger partial charge in [-0.15, -0.1) is 0 Å². The van der Waals surface area contributed by atoms with Crippen molar-refractivity contribution in [3.63, 3.8) is 0 Å². The van der Waals surface area contributed by atoms with Crippen LogP contribution in [0.4, 0.5) is 0 Å². The summed E-state index contributed by atoms with van der Waals surface area (Å²) in [6.07, 6.45) is 10.1. The summed E-state index contributed by atoms with van der Waals surface area (Å²) in [7, 11) is 0. The second-order valence-corrected chi connectivity index (χ2v) is 6.56. The van der Waals surface area contributed by atoms with E-state index in [4.69, 9.17) is 4.74 Å². The van der Waals surface area contributed by atoms with Gasteiger partial charge in [0.25, 0.3) is 0 Å². The average molecular weight is 286 g/mol. The quantitative estimate of drug-likeness (QED) is 0.576. The number of hydrogen-bond acceptors (Lipinski definition) is 4. The van der Waals surface area contributed by atoms with Crippen LogP contribution < -0.4 is 0 Å². The van der Waals surface area contributed by atoms with Crippen molar-refractivity contribution in [2.24, 2.45) is 16.8 Å². The molecule has 1 saturated carbocycles. The Balaban J connectivity index is 1.64. The highest BCUT2D eigenvalue weighted by molar-refractivity contribution is 5.75. The molecule has 2 heterocycles. The second-order valence-electron chi connectivity index (χ2n) is 6.56. The van der Waals surface area contributed by atoms with Crippen LogP contribution in [0.1, 0.15) is 26.2 Å². The lowest BCUT2D eigenvalue weighted by atomic mass is 9.72. The Morgan fingerprint density at radius 1 is 1.38 bits per heavy atom. The fraction of sp³-hybridized carbons (Fsp3) is 0.647. The van der Waals surface area contributed by atoms with Crippen LogP contribution in [0.3, 0.4) is 0 Å². The molecule has 4 nitrogen and oxygen atoms in total. The van der Waals surface area contributed by atoms with Crippen molar-refractivity contribution in [3.05, 3.63) is 23.3 Å². The third kappa shape index (κ3) is 2.16. The maximum Gasteiger partial charge on any atom is 0.320 e. The maximum absolute atomic E-state index is 12.0. The molecule has 4 heteroatoms. The first-order chi connectivity index (χ1) is 10.3. The standard InChI is InChI=1S/C17H22N2O2/c1-2-5-19-10-16(20)21-17-14-7-13-9-18-8-12(13)6-11(14)3-4-15(17)19/h6-7,9,11,13,15,17H,2-5,8,10H2,1H3. The maximum atomic E-state index is 12.0. The van der Waals surface area contributed by atoms with Gasteiger partial charge in [0.05, 0.1) is 19.1 Å². The van der Waals surface area contributed by atoms with Crippen LogP contribution in [-0.4, -0.2) is 48.9 Å². The fourth-order valence-electron chi connectivity index (χ4n) is 4.27. The molecule has 0 aromatic rings. The van der Waals surface area contributed by atoms with E-state index in [0.717, 1.165) is 25.9 Å². The smallest absolute Gasteiger partial charge is 0.320 e. The number of morpholine rings is 1. The summed E-state index contributed by atoms with van der Waals surface area (Å²) in [5, 5.41) is 0. The molecule has 0 N–H and O–H groups in total. The van der Waals surface area contributed by atoms with Crippen LogP contribution in [0.15, 0.2) is 28.3 Å². The van der Waals surface area contributed by atoms with E-state index < -0.39 is 0 Å². The Hall–Kier alpha value is -1.42. The van der Waals surface area contributed by atoms with E-state index in [9.17, 15) is 4.79 Å². The Morgan fingerprint density at radius 2 is 2.29 bits per heavy atom. The largest absolute Gasteiger partial charge is 0.455 e. The van der Waals surface area contributed by atoms with Gasteiger partial charge in [0.2, 0.25) is 0 Å². The van der Waals surface area contributed by atoms with Crippen LogP contribution in [0.2, 0.25) is 0 Å². The number of ether oxygens (including phenoxy) is 1. The number of carbonyl (C=O) groups excluding carboxylic acids is 1. The number of hydrogen-bond donors (Lipinski definition) is 0. The van der Waals surface area contributed by atoms with Crippen LogP contribution in [0, 0.1) is 11.8 Å². The van der Waals surface area contributed by atoms with Crippen LogP contribution in [0.5, 0.6) is 0 Å². The highest BCUT2D eigenvalue weighted by Crippen LogP contribution is 2.42. The van der Waals surface area contributed by atoms with Crippen molar-refractivity contribution in [2.45, 2.75) is 38.3 Å². The lowest BCUT2D eigenvalue weighted by Crippen LogP contribution is -2.56. The van der Waals surface area contributed by atoms with Crippen molar-refractivity contribution in [1.29, 1.82) is 0 Å². The molecule has 0 bridgehead atoms. The first kappa shape index (κ1) is 13.3. The van der Waals surface area contributed by atoms with Gasteiger partial charge < -0.3 is 4.74 Å². The molecule has 2 aliphatic carbocycles. The molecule has 0 amide bonds. The first-order valence-corrected chi connectivity index (χ1v) is 8.12. The van der Waals surface area contributed by atoms with Crippen molar-refractivity contribution >= 4 is 12.2 Å². The number of nitrogens with zero attached hydrogens (tertiary/aromatic N) is 2. The van der Waals surface area contributed by atoms with Crippen molar-refractivity contribution in [1.82, 2.24) is 4.90 Å². The van der Waals surface area contributed by atoms with Gasteiger partial charge in [0.15, 0.2) is 0 Å². The van der Waals surface area contributed by atoms with E-state index in [0.29, 0.717) is 24.4 Å². The minimum Gasteiger partial charge on any atom is -0.455 e. The van der Waals surface area contributed by atoms with Crippen LogP contribution >= 0.6 is 0 Å². The summed E-state index contributed by atoms with van der Waals surface area (Å²) in [6.45, 7) is 4.46. The molecule has 112 valence electrons. The normalized spacial score (nSPS) is 38.0. The third-order valence-electron chi connectivity index (χ3n) is 5.21. The number of fused-ring (bicyclic) bond motifs is 4. The molecule has 21 heavy (non-hydrogen) atoms. The molecular weight excluding hydrogens is 264 g/mol. The molecule has 2 fully saturated rings. The number of aliphatic imine (C=N–C) groups is 1. The summed E-state index contributed by atoms with van der Waals surface area (Å²) < 4.78 is 5.76. The van der Waals surface area contributed by atoms with Crippen molar-refractivity contribution in [2.75, 3.05) is 19.6 Å². The third-order valence-corrected chi connectivity index (χ3v) is 5.21. The zero-order chi connectivity index (χ0) is 14.4. The molecular formula is C17H22N2O2. The number of esters is 1. The lowest BCUT2D eigenvalue weighted by Gasteiger charge is -2.47. The highest BCUT2D eigenvalue weighted by atomic mass is 16.5. The highest BCUT2D eigenvalue weighted by Gasteiger charge is 2.44. The lowest BCUT2D eigenvalue weighted by molar-refractivity contribution is -0.164. The van der Waals surface area contributed by atoms with E-state index in [2.05, 4.69) is 29.0 Å². The number of carbonyl (C=O) groups is 1. The number of allylic oxidation sites excluding steroid dienone is 2. The summed E-state index contributed by atoms with van der Waals surface area (Å²) in [5.74, 6) is 0.727. The predicted molar refractivity (Wildman–Crippen MR) is 81.3 cm³/mol. The topological polar surface area (TPSA) is 41.9 Å². The van der Waals surface area contributed by atoms with Gasteiger partial charge in [-0.05, 0) is 37.0 Å². The molecule has 2 aliphatic heterocycles. The monoisotopic (exact) mass is 286 g/mol. The first-order valence-electron chi connectivity index (χ1n) is 8.12. The molecule has 0 aromatic carbocycles. The van der Waals surface area contributed by atoms with Crippen molar-refractivity contribution < 1.29 is 9.53 Å². The van der Waals surface area contributed by atoms with Gasteiger partial charge >= 0.3 is 5.97 Å². The molecule has 4 unspecified atom stereocenters. The molecule has 4 atom stereocenters. The summed E-state index contributed by atoms with van der Waals surface area (Å²) in [6, 6.07) is 0.374. The van der Waals surface area contributed by atoms with E-state index in [-0.39, 0.29) is 12.1 Å². The Bertz CT molecular complexity index is 549. The van der Waals surface area contributed by atoms with E-state index in [1.165, 1.54) is 17.6 Å². The van der Waals surface area contributed by atoms with E-state index in [1.54, 1.807) is 0 Å². The van der Waals surface area contributed by atoms with Gasteiger partial charge in [-0.2, -0.15) is 0 Å². The van der Waals surface area contributed by atoms with Crippen molar-refractivity contribution in [3.8, 4) is 0 Å². The van der Waals surface area contributed by atoms with Gasteiger partial charge in [-0.1, -0.05) is 19.1 Å². The van der Waals surface area contributed by atoms with Gasteiger partial charge in [0.1, 0.15) is 6.10 Å². The Morgan fingerprint density at radius 3 is 3.14 bits per heavy atom. The average Bonchev–Trinajstić information content (AvgIpc) is 2.92. The van der Waals surface area contributed by atoms with E-state index >= 15 is 0 Å². The van der Waals surface area contributed by atoms with Gasteiger partial charge in [-0.25, -0.2) is 0 Å². The van der Waals surface area contributed by atoms with Gasteiger partial charge in [0, 0.05) is 18.1 Å². The summed E-state index contributed by atoms with van der Waals surface area (Å²) in [5.41, 5.74) is 2.75. The Kier molecular flexibility index (Phi) is 3.21. The second kappa shape index (κ2) is 5.09. The van der Waals surface area contributed by atoms with Crippen LogP contribution in [0.25, 0.3) is 0 Å². The zero-order valence-electron chi connectivity index (χ0n) is 12.5. The van der Waals surface area contributed by atoms with Gasteiger partial charge in [-0.3, -0.25) is 14.7 Å². The zero-order valence-corrected chi connectivity index (χ0v) is 12.5. The SMILES string of the molecule is CCCN1CC(=O)OC2C3=CC4C=NCC4=CC3CCC21. The van der Waals surface area contributed by atoms with E-state index in [1.807, 2.05) is 6.21 Å². The molecule has 1 saturated heterocycles. The summed E-state index contributed by atoms with van der Waals surface area (Å²) in [4.78, 5) is 18.7. The minimum atomic E-state index is -0.0684. The summed E-state index contributed by atoms with van der Waals surface area (Å²) >= 11 is 0. The Labute approximate surface area is 125 Å². The molecule has 0 spiro atoms.